The smallest absolute Gasteiger partial charge is 0.146 e. The average Bonchev–Trinajstić information content (AvgIpc) is 2.42. The minimum Gasteiger partial charge on any atom is -0.381 e. The zero-order valence-corrected chi connectivity index (χ0v) is 11.6. The van der Waals surface area contributed by atoms with E-state index in [0.29, 0.717) is 11.8 Å². The van der Waals surface area contributed by atoms with Gasteiger partial charge in [0.25, 0.3) is 0 Å². The fourth-order valence-electron chi connectivity index (χ4n) is 2.54. The van der Waals surface area contributed by atoms with Crippen LogP contribution in [0.3, 0.4) is 0 Å². The molecule has 1 aromatic rings. The SMILES string of the molecule is CCOC1CCCN(CCNc2ccccc2F)C1. The van der Waals surface area contributed by atoms with Crippen LogP contribution < -0.4 is 5.32 Å². The number of piperidine rings is 1. The molecule has 1 fully saturated rings. The van der Waals surface area contributed by atoms with Gasteiger partial charge in [-0.2, -0.15) is 0 Å². The normalized spacial score (nSPS) is 20.4. The van der Waals surface area contributed by atoms with Gasteiger partial charge in [0.2, 0.25) is 0 Å². The summed E-state index contributed by atoms with van der Waals surface area (Å²) in [6.45, 7) is 6.62. The largest absolute Gasteiger partial charge is 0.381 e. The molecule has 1 heterocycles. The number of halogens is 1. The van der Waals surface area contributed by atoms with Crippen LogP contribution in [0.2, 0.25) is 0 Å². The van der Waals surface area contributed by atoms with Gasteiger partial charge in [-0.05, 0) is 38.4 Å². The molecule has 1 unspecified atom stereocenters. The van der Waals surface area contributed by atoms with Gasteiger partial charge < -0.3 is 10.1 Å². The van der Waals surface area contributed by atoms with Crippen LogP contribution in [0.15, 0.2) is 24.3 Å². The zero-order chi connectivity index (χ0) is 13.5. The first-order chi connectivity index (χ1) is 9.29. The van der Waals surface area contributed by atoms with Gasteiger partial charge in [-0.25, -0.2) is 4.39 Å². The Morgan fingerprint density at radius 2 is 2.26 bits per heavy atom. The number of anilines is 1. The molecular weight excluding hydrogens is 243 g/mol. The quantitative estimate of drug-likeness (QED) is 0.857. The molecule has 2 rings (SSSR count). The second-order valence-electron chi connectivity index (χ2n) is 4.93. The monoisotopic (exact) mass is 266 g/mol. The van der Waals surface area contributed by atoms with Gasteiger partial charge in [0.15, 0.2) is 0 Å². The van der Waals surface area contributed by atoms with Crippen molar-refractivity contribution in [2.24, 2.45) is 0 Å². The standard InChI is InChI=1S/C15H23FN2O/c1-2-19-13-6-5-10-18(12-13)11-9-17-15-8-4-3-7-14(15)16/h3-4,7-8,13,17H,2,5-6,9-12H2,1H3. The van der Waals surface area contributed by atoms with Gasteiger partial charge in [-0.1, -0.05) is 12.1 Å². The molecule has 1 aromatic carbocycles. The maximum atomic E-state index is 13.4. The Bertz CT molecular complexity index is 384. The summed E-state index contributed by atoms with van der Waals surface area (Å²) in [4.78, 5) is 2.39. The number of hydrogen-bond donors (Lipinski definition) is 1. The number of benzene rings is 1. The third-order valence-corrected chi connectivity index (χ3v) is 3.48. The molecule has 0 aliphatic carbocycles. The summed E-state index contributed by atoms with van der Waals surface area (Å²) in [5.41, 5.74) is 0.584. The molecule has 106 valence electrons. The fourth-order valence-corrected chi connectivity index (χ4v) is 2.54. The molecule has 1 N–H and O–H groups in total. The van der Waals surface area contributed by atoms with Crippen molar-refractivity contribution in [3.05, 3.63) is 30.1 Å². The molecule has 3 nitrogen and oxygen atoms in total. The number of hydrogen-bond acceptors (Lipinski definition) is 3. The topological polar surface area (TPSA) is 24.5 Å². The van der Waals surface area contributed by atoms with E-state index in [1.165, 1.54) is 12.5 Å². The van der Waals surface area contributed by atoms with Crippen molar-refractivity contribution in [1.82, 2.24) is 4.90 Å². The van der Waals surface area contributed by atoms with Crippen molar-refractivity contribution in [1.29, 1.82) is 0 Å². The lowest BCUT2D eigenvalue weighted by atomic mass is 10.1. The van der Waals surface area contributed by atoms with Crippen LogP contribution >= 0.6 is 0 Å². The predicted molar refractivity (Wildman–Crippen MR) is 76.0 cm³/mol. The van der Waals surface area contributed by atoms with Gasteiger partial charge in [0.1, 0.15) is 5.82 Å². The van der Waals surface area contributed by atoms with Crippen molar-refractivity contribution in [3.63, 3.8) is 0 Å². The van der Waals surface area contributed by atoms with Crippen LogP contribution in [0.5, 0.6) is 0 Å². The van der Waals surface area contributed by atoms with Gasteiger partial charge in [-0.3, -0.25) is 4.90 Å². The maximum Gasteiger partial charge on any atom is 0.146 e. The lowest BCUT2D eigenvalue weighted by Crippen LogP contribution is -2.41. The van der Waals surface area contributed by atoms with Crippen LogP contribution in [-0.2, 0) is 4.74 Å². The number of likely N-dealkylation sites (tertiary alicyclic amines) is 1. The highest BCUT2D eigenvalue weighted by Crippen LogP contribution is 2.14. The molecule has 1 aliphatic rings. The van der Waals surface area contributed by atoms with Crippen LogP contribution in [0.4, 0.5) is 10.1 Å². The van der Waals surface area contributed by atoms with E-state index in [1.54, 1.807) is 12.1 Å². The maximum absolute atomic E-state index is 13.4. The first-order valence-corrected chi connectivity index (χ1v) is 7.12. The second kappa shape index (κ2) is 7.46. The third kappa shape index (κ3) is 4.48. The highest BCUT2D eigenvalue weighted by molar-refractivity contribution is 5.44. The van der Waals surface area contributed by atoms with Crippen molar-refractivity contribution in [2.45, 2.75) is 25.9 Å². The first-order valence-electron chi connectivity index (χ1n) is 7.12. The molecule has 1 saturated heterocycles. The molecule has 0 saturated carbocycles. The molecule has 1 aliphatic heterocycles. The summed E-state index contributed by atoms with van der Waals surface area (Å²) in [5.74, 6) is -0.187. The van der Waals surface area contributed by atoms with E-state index in [-0.39, 0.29) is 5.82 Å². The Morgan fingerprint density at radius 1 is 1.42 bits per heavy atom. The lowest BCUT2D eigenvalue weighted by molar-refractivity contribution is 0.00715. The predicted octanol–water partition coefficient (Wildman–Crippen LogP) is 2.74. The first kappa shape index (κ1) is 14.3. The molecule has 0 aromatic heterocycles. The van der Waals surface area contributed by atoms with Crippen molar-refractivity contribution in [3.8, 4) is 0 Å². The summed E-state index contributed by atoms with van der Waals surface area (Å²) in [7, 11) is 0. The molecule has 19 heavy (non-hydrogen) atoms. The van der Waals surface area contributed by atoms with Crippen LogP contribution in [0.1, 0.15) is 19.8 Å². The van der Waals surface area contributed by atoms with Gasteiger partial charge >= 0.3 is 0 Å². The van der Waals surface area contributed by atoms with E-state index in [1.807, 2.05) is 13.0 Å². The van der Waals surface area contributed by atoms with E-state index in [4.69, 9.17) is 4.74 Å². The number of nitrogens with one attached hydrogen (secondary N) is 1. The Balaban J connectivity index is 1.72. The third-order valence-electron chi connectivity index (χ3n) is 3.48. The van der Waals surface area contributed by atoms with Crippen LogP contribution in [0.25, 0.3) is 0 Å². The lowest BCUT2D eigenvalue weighted by Gasteiger charge is -2.32. The highest BCUT2D eigenvalue weighted by Gasteiger charge is 2.19. The molecule has 0 amide bonds. The summed E-state index contributed by atoms with van der Waals surface area (Å²) >= 11 is 0. The average molecular weight is 266 g/mol. The van der Waals surface area contributed by atoms with E-state index in [2.05, 4.69) is 10.2 Å². The summed E-state index contributed by atoms with van der Waals surface area (Å²) in [5, 5.41) is 3.15. The number of para-hydroxylation sites is 1. The Hall–Kier alpha value is -1.13. The highest BCUT2D eigenvalue weighted by atomic mass is 19.1. The Kier molecular flexibility index (Phi) is 5.61. The molecule has 4 heteroatoms. The fraction of sp³-hybridized carbons (Fsp3) is 0.600. The van der Waals surface area contributed by atoms with E-state index in [0.717, 1.165) is 39.2 Å². The molecule has 0 radical (unpaired) electrons. The minimum absolute atomic E-state index is 0.187. The Morgan fingerprint density at radius 3 is 3.05 bits per heavy atom. The molecule has 1 atom stereocenters. The molecule has 0 spiro atoms. The second-order valence-corrected chi connectivity index (χ2v) is 4.93. The van der Waals surface area contributed by atoms with Gasteiger partial charge in [-0.15, -0.1) is 0 Å². The van der Waals surface area contributed by atoms with Crippen molar-refractivity contribution in [2.75, 3.05) is 38.1 Å². The van der Waals surface area contributed by atoms with E-state index < -0.39 is 0 Å². The van der Waals surface area contributed by atoms with E-state index >= 15 is 0 Å². The van der Waals surface area contributed by atoms with Gasteiger partial charge in [0.05, 0.1) is 11.8 Å². The number of rotatable bonds is 6. The molecular formula is C15H23FN2O. The summed E-state index contributed by atoms with van der Waals surface area (Å²) < 4.78 is 19.1. The van der Waals surface area contributed by atoms with Crippen LogP contribution in [-0.4, -0.2) is 43.8 Å². The van der Waals surface area contributed by atoms with E-state index in [9.17, 15) is 4.39 Å². The summed E-state index contributed by atoms with van der Waals surface area (Å²) in [6.07, 6.45) is 2.71. The molecule has 0 bridgehead atoms. The van der Waals surface area contributed by atoms with Crippen LogP contribution in [0, 0.1) is 5.82 Å². The number of ether oxygens (including phenoxy) is 1. The minimum atomic E-state index is -0.187. The van der Waals surface area contributed by atoms with Crippen molar-refractivity contribution >= 4 is 5.69 Å². The zero-order valence-electron chi connectivity index (χ0n) is 11.6. The number of nitrogens with zero attached hydrogens (tertiary/aromatic N) is 1. The summed E-state index contributed by atoms with van der Waals surface area (Å²) in [6, 6.07) is 6.80. The Labute approximate surface area is 114 Å². The van der Waals surface area contributed by atoms with Crippen molar-refractivity contribution < 1.29 is 9.13 Å². The van der Waals surface area contributed by atoms with Gasteiger partial charge in [0, 0.05) is 26.2 Å².